The third-order valence-corrected chi connectivity index (χ3v) is 3.20. The van der Waals surface area contributed by atoms with Crippen molar-refractivity contribution in [2.75, 3.05) is 20.0 Å². The lowest BCUT2D eigenvalue weighted by atomic mass is 10.1. The van der Waals surface area contributed by atoms with Gasteiger partial charge in [-0.25, -0.2) is 4.39 Å². The average molecular weight is 317 g/mol. The van der Waals surface area contributed by atoms with Crippen LogP contribution in [-0.4, -0.2) is 19.4 Å². The number of nitrogens with zero attached hydrogens (tertiary/aromatic N) is 1. The van der Waals surface area contributed by atoms with E-state index in [1.165, 1.54) is 26.5 Å². The minimum atomic E-state index is -0.497. The summed E-state index contributed by atoms with van der Waals surface area (Å²) in [6.45, 7) is 0. The maximum atomic E-state index is 13.8. The summed E-state index contributed by atoms with van der Waals surface area (Å²) in [7, 11) is 2.88. The van der Waals surface area contributed by atoms with Gasteiger partial charge in [0.05, 0.1) is 36.0 Å². The molecule has 7 heteroatoms. The lowest BCUT2D eigenvalue weighted by molar-refractivity contribution is 0.353. The maximum Gasteiger partial charge on any atom is 0.230 e. The van der Waals surface area contributed by atoms with Gasteiger partial charge < -0.3 is 19.7 Å². The van der Waals surface area contributed by atoms with Crippen LogP contribution in [0.3, 0.4) is 0 Å². The third kappa shape index (κ3) is 1.90. The van der Waals surface area contributed by atoms with Crippen molar-refractivity contribution >= 4 is 21.8 Å². The summed E-state index contributed by atoms with van der Waals surface area (Å²) in [6, 6.07) is 1.22. The molecular weight excluding hydrogens is 307 g/mol. The van der Waals surface area contributed by atoms with Gasteiger partial charge >= 0.3 is 0 Å². The summed E-state index contributed by atoms with van der Waals surface area (Å²) < 4.78 is 29.1. The first kappa shape index (κ1) is 12.7. The summed E-state index contributed by atoms with van der Waals surface area (Å²) in [5.74, 6) is 0.180. The third-order valence-electron chi connectivity index (χ3n) is 2.43. The normalized spacial score (nSPS) is 10.4. The Morgan fingerprint density at radius 1 is 1.39 bits per heavy atom. The topological polar surface area (TPSA) is 70.5 Å². The zero-order valence-corrected chi connectivity index (χ0v) is 11.2. The lowest BCUT2D eigenvalue weighted by Gasteiger charge is -2.14. The number of benzene rings is 1. The van der Waals surface area contributed by atoms with E-state index in [1.807, 2.05) is 0 Å². The van der Waals surface area contributed by atoms with Crippen molar-refractivity contribution in [2.45, 2.75) is 0 Å². The van der Waals surface area contributed by atoms with Crippen molar-refractivity contribution in [2.24, 2.45) is 0 Å². The number of anilines is 1. The van der Waals surface area contributed by atoms with Gasteiger partial charge in [-0.15, -0.1) is 0 Å². The van der Waals surface area contributed by atoms with Crippen molar-refractivity contribution in [1.82, 2.24) is 5.16 Å². The van der Waals surface area contributed by atoms with Gasteiger partial charge in [0.1, 0.15) is 5.82 Å². The Bertz CT molecular complexity index is 586. The minimum absolute atomic E-state index is 0.0710. The second-order valence-corrected chi connectivity index (χ2v) is 4.18. The molecule has 0 aliphatic carbocycles. The molecule has 18 heavy (non-hydrogen) atoms. The van der Waals surface area contributed by atoms with Gasteiger partial charge in [0.2, 0.25) is 5.88 Å². The number of nitrogens with two attached hydrogens (primary N) is 1. The summed E-state index contributed by atoms with van der Waals surface area (Å²) in [4.78, 5) is 0. The second-order valence-electron chi connectivity index (χ2n) is 3.39. The largest absolute Gasteiger partial charge is 0.493 e. The van der Waals surface area contributed by atoms with Crippen molar-refractivity contribution in [3.63, 3.8) is 0 Å². The standard InChI is InChI=1S/C11H10BrFN2O3/c1-16-7-3-6(13)9(12)8(10(7)17-2)5-4-15-18-11(5)14/h3-4H,14H2,1-2H3. The van der Waals surface area contributed by atoms with Gasteiger partial charge in [-0.1, -0.05) is 5.16 Å². The van der Waals surface area contributed by atoms with Crippen LogP contribution in [0.1, 0.15) is 0 Å². The minimum Gasteiger partial charge on any atom is -0.493 e. The van der Waals surface area contributed by atoms with E-state index in [-0.39, 0.29) is 16.1 Å². The monoisotopic (exact) mass is 316 g/mol. The van der Waals surface area contributed by atoms with Crippen molar-refractivity contribution in [3.8, 4) is 22.6 Å². The Balaban J connectivity index is 2.79. The van der Waals surface area contributed by atoms with Gasteiger partial charge in [0.15, 0.2) is 11.5 Å². The predicted octanol–water partition coefficient (Wildman–Crippen LogP) is 2.84. The second kappa shape index (κ2) is 4.85. The molecule has 0 atom stereocenters. The van der Waals surface area contributed by atoms with E-state index in [2.05, 4.69) is 21.1 Å². The van der Waals surface area contributed by atoms with E-state index in [4.69, 9.17) is 19.7 Å². The molecule has 0 fully saturated rings. The van der Waals surface area contributed by atoms with Crippen molar-refractivity contribution in [3.05, 3.63) is 22.6 Å². The summed E-state index contributed by atoms with van der Waals surface area (Å²) in [5, 5.41) is 3.56. The highest BCUT2D eigenvalue weighted by atomic mass is 79.9. The molecule has 2 rings (SSSR count). The van der Waals surface area contributed by atoms with Gasteiger partial charge in [0, 0.05) is 6.07 Å². The van der Waals surface area contributed by atoms with Crippen molar-refractivity contribution in [1.29, 1.82) is 0 Å². The Hall–Kier alpha value is -1.76. The van der Waals surface area contributed by atoms with Crippen LogP contribution in [0.5, 0.6) is 11.5 Å². The van der Waals surface area contributed by atoms with Gasteiger partial charge in [-0.2, -0.15) is 0 Å². The first-order valence-electron chi connectivity index (χ1n) is 4.90. The van der Waals surface area contributed by atoms with Crippen LogP contribution < -0.4 is 15.2 Å². The molecule has 0 aliphatic rings. The van der Waals surface area contributed by atoms with Crippen LogP contribution >= 0.6 is 15.9 Å². The van der Waals surface area contributed by atoms with Crippen LogP contribution in [0.25, 0.3) is 11.1 Å². The maximum absolute atomic E-state index is 13.8. The number of halogens is 2. The first-order valence-corrected chi connectivity index (χ1v) is 5.70. The number of rotatable bonds is 3. The van der Waals surface area contributed by atoms with Crippen LogP contribution in [0.4, 0.5) is 10.3 Å². The molecule has 2 aromatic rings. The quantitative estimate of drug-likeness (QED) is 0.942. The predicted molar refractivity (Wildman–Crippen MR) is 67.1 cm³/mol. The van der Waals surface area contributed by atoms with E-state index >= 15 is 0 Å². The molecule has 2 N–H and O–H groups in total. The number of hydrogen-bond acceptors (Lipinski definition) is 5. The SMILES string of the molecule is COc1cc(F)c(Br)c(-c2cnoc2N)c1OC. The Morgan fingerprint density at radius 3 is 2.61 bits per heavy atom. The summed E-state index contributed by atoms with van der Waals surface area (Å²) in [6.07, 6.45) is 1.39. The fourth-order valence-electron chi connectivity index (χ4n) is 1.62. The Morgan fingerprint density at radius 2 is 2.11 bits per heavy atom. The average Bonchev–Trinajstić information content (AvgIpc) is 2.78. The molecule has 0 unspecified atom stereocenters. The summed E-state index contributed by atoms with van der Waals surface area (Å²) >= 11 is 3.16. The van der Waals surface area contributed by atoms with Gasteiger partial charge in [-0.3, -0.25) is 0 Å². The molecule has 1 aromatic carbocycles. The molecule has 0 aliphatic heterocycles. The molecule has 1 heterocycles. The first-order chi connectivity index (χ1) is 8.60. The molecule has 0 saturated heterocycles. The molecular formula is C11H10BrFN2O3. The number of hydrogen-bond donors (Lipinski definition) is 1. The van der Waals surface area contributed by atoms with Crippen LogP contribution in [0.15, 0.2) is 21.3 Å². The highest BCUT2D eigenvalue weighted by Gasteiger charge is 2.23. The fourth-order valence-corrected chi connectivity index (χ4v) is 2.13. The van der Waals surface area contributed by atoms with E-state index in [1.54, 1.807) is 0 Å². The van der Waals surface area contributed by atoms with E-state index in [9.17, 15) is 4.39 Å². The number of ether oxygens (including phenoxy) is 2. The van der Waals surface area contributed by atoms with E-state index in [0.29, 0.717) is 16.9 Å². The zero-order chi connectivity index (χ0) is 13.3. The molecule has 0 amide bonds. The lowest BCUT2D eigenvalue weighted by Crippen LogP contribution is -1.97. The highest BCUT2D eigenvalue weighted by molar-refractivity contribution is 9.10. The molecule has 96 valence electrons. The van der Waals surface area contributed by atoms with Crippen LogP contribution in [0.2, 0.25) is 0 Å². The summed E-state index contributed by atoms with van der Waals surface area (Å²) in [5.41, 5.74) is 6.46. The number of nitrogen functional groups attached to an aromatic ring is 1. The molecule has 5 nitrogen and oxygen atoms in total. The van der Waals surface area contributed by atoms with Gasteiger partial charge in [0.25, 0.3) is 0 Å². The molecule has 0 spiro atoms. The Labute approximate surface area is 111 Å². The molecule has 0 radical (unpaired) electrons. The van der Waals surface area contributed by atoms with E-state index < -0.39 is 5.82 Å². The molecule has 0 saturated carbocycles. The molecule has 0 bridgehead atoms. The Kier molecular flexibility index (Phi) is 3.42. The number of aromatic nitrogens is 1. The van der Waals surface area contributed by atoms with E-state index in [0.717, 1.165) is 0 Å². The smallest absolute Gasteiger partial charge is 0.230 e. The number of methoxy groups -OCH3 is 2. The zero-order valence-electron chi connectivity index (χ0n) is 9.66. The highest BCUT2D eigenvalue weighted by Crippen LogP contribution is 2.46. The van der Waals surface area contributed by atoms with Crippen molar-refractivity contribution < 1.29 is 18.4 Å². The molecule has 1 aromatic heterocycles. The van der Waals surface area contributed by atoms with Crippen LogP contribution in [-0.2, 0) is 0 Å². The van der Waals surface area contributed by atoms with Crippen LogP contribution in [0, 0.1) is 5.82 Å². The fraction of sp³-hybridized carbons (Fsp3) is 0.182. The van der Waals surface area contributed by atoms with Gasteiger partial charge in [-0.05, 0) is 15.9 Å².